The largest absolute Gasteiger partial charge is 0.324 e. The number of aromatic amines is 1. The van der Waals surface area contributed by atoms with Crippen molar-refractivity contribution in [2.75, 3.05) is 5.32 Å². The SMILES string of the molecule is CC(=O)Nc1cc(-c2ccccc2F)cc(-n2cnc3cc(-c4c[nH]nn4)cnc32)c1F. The standard InChI is InChI=1S/C22H15F2N7O/c1-12(32)28-17-6-13(15-4-2-3-5-16(15)23)8-20(21(17)24)31-11-26-18-7-14(9-25-22(18)31)19-10-27-30-29-19/h2-11H,1H3,(H,28,32)(H,27,29,30). The van der Waals surface area contributed by atoms with Gasteiger partial charge in [-0.1, -0.05) is 23.4 Å². The topological polar surface area (TPSA) is 101 Å². The van der Waals surface area contributed by atoms with Gasteiger partial charge in [0.2, 0.25) is 5.91 Å². The molecule has 5 aromatic rings. The van der Waals surface area contributed by atoms with Gasteiger partial charge in [-0.25, -0.2) is 18.7 Å². The fourth-order valence-corrected chi connectivity index (χ4v) is 3.48. The van der Waals surface area contributed by atoms with Crippen LogP contribution in [0.15, 0.2) is 61.2 Å². The number of rotatable bonds is 4. The van der Waals surface area contributed by atoms with E-state index in [2.05, 4.69) is 30.7 Å². The minimum atomic E-state index is -0.693. The van der Waals surface area contributed by atoms with Crippen molar-refractivity contribution >= 4 is 22.8 Å². The number of benzene rings is 2. The number of carbonyl (C=O) groups excluding carboxylic acids is 1. The van der Waals surface area contributed by atoms with Crippen LogP contribution in [0.25, 0.3) is 39.2 Å². The Morgan fingerprint density at radius 1 is 1.09 bits per heavy atom. The molecule has 0 fully saturated rings. The Morgan fingerprint density at radius 3 is 2.69 bits per heavy atom. The molecule has 5 rings (SSSR count). The molecule has 0 unspecified atom stereocenters. The molecule has 8 nitrogen and oxygen atoms in total. The molecule has 1 amide bonds. The van der Waals surface area contributed by atoms with Gasteiger partial charge >= 0.3 is 0 Å². The summed E-state index contributed by atoms with van der Waals surface area (Å²) in [4.78, 5) is 20.4. The van der Waals surface area contributed by atoms with E-state index in [1.54, 1.807) is 36.7 Å². The van der Waals surface area contributed by atoms with Gasteiger partial charge in [0.05, 0.1) is 17.6 Å². The summed E-state index contributed by atoms with van der Waals surface area (Å²) in [6.45, 7) is 1.27. The predicted octanol–water partition coefficient (Wildman–Crippen LogP) is 4.11. The molecular weight excluding hydrogens is 416 g/mol. The quantitative estimate of drug-likeness (QED) is 0.446. The van der Waals surface area contributed by atoms with Crippen LogP contribution >= 0.6 is 0 Å². The maximum absolute atomic E-state index is 15.4. The predicted molar refractivity (Wildman–Crippen MR) is 114 cm³/mol. The molecule has 158 valence electrons. The summed E-state index contributed by atoms with van der Waals surface area (Å²) in [6.07, 6.45) is 4.62. The number of aromatic nitrogens is 6. The number of pyridine rings is 1. The molecule has 2 aromatic carbocycles. The van der Waals surface area contributed by atoms with Crippen LogP contribution in [0.3, 0.4) is 0 Å². The first kappa shape index (κ1) is 19.5. The van der Waals surface area contributed by atoms with Crippen LogP contribution < -0.4 is 5.32 Å². The van der Waals surface area contributed by atoms with Crippen molar-refractivity contribution in [3.05, 3.63) is 72.8 Å². The third kappa shape index (κ3) is 3.37. The van der Waals surface area contributed by atoms with Gasteiger partial charge in [0, 0.05) is 24.2 Å². The summed E-state index contributed by atoms with van der Waals surface area (Å²) < 4.78 is 31.3. The average Bonchev–Trinajstić information content (AvgIpc) is 3.45. The van der Waals surface area contributed by atoms with Crippen molar-refractivity contribution in [1.29, 1.82) is 0 Å². The number of anilines is 1. The Kier molecular flexibility index (Phi) is 4.66. The van der Waals surface area contributed by atoms with E-state index in [1.165, 1.54) is 36.0 Å². The van der Waals surface area contributed by atoms with E-state index in [4.69, 9.17) is 0 Å². The summed E-state index contributed by atoms with van der Waals surface area (Å²) in [5.74, 6) is -1.61. The van der Waals surface area contributed by atoms with Crippen molar-refractivity contribution in [2.24, 2.45) is 0 Å². The summed E-state index contributed by atoms with van der Waals surface area (Å²) in [5.41, 5.74) is 2.83. The highest BCUT2D eigenvalue weighted by Gasteiger charge is 2.18. The molecule has 0 aliphatic rings. The number of nitrogens with zero attached hydrogens (tertiary/aromatic N) is 5. The highest BCUT2D eigenvalue weighted by atomic mass is 19.1. The minimum absolute atomic E-state index is 0.0682. The zero-order valence-electron chi connectivity index (χ0n) is 16.7. The lowest BCUT2D eigenvalue weighted by atomic mass is 10.0. The van der Waals surface area contributed by atoms with Crippen LogP contribution in [0.5, 0.6) is 0 Å². The monoisotopic (exact) mass is 431 g/mol. The summed E-state index contributed by atoms with van der Waals surface area (Å²) in [5, 5.41) is 12.7. The molecule has 3 heterocycles. The third-order valence-corrected chi connectivity index (χ3v) is 4.91. The molecule has 0 bridgehead atoms. The number of halogens is 2. The molecule has 0 saturated heterocycles. The smallest absolute Gasteiger partial charge is 0.221 e. The van der Waals surface area contributed by atoms with E-state index in [-0.39, 0.29) is 16.9 Å². The lowest BCUT2D eigenvalue weighted by Crippen LogP contribution is -2.10. The van der Waals surface area contributed by atoms with Gasteiger partial charge in [-0.05, 0) is 29.8 Å². The highest BCUT2D eigenvalue weighted by molar-refractivity contribution is 5.91. The number of H-pyrrole nitrogens is 1. The lowest BCUT2D eigenvalue weighted by molar-refractivity contribution is -0.114. The molecule has 2 N–H and O–H groups in total. The van der Waals surface area contributed by atoms with Crippen molar-refractivity contribution in [3.63, 3.8) is 0 Å². The number of hydrogen-bond donors (Lipinski definition) is 2. The van der Waals surface area contributed by atoms with E-state index in [1.807, 2.05) is 0 Å². The van der Waals surface area contributed by atoms with E-state index in [0.29, 0.717) is 28.0 Å². The molecule has 32 heavy (non-hydrogen) atoms. The van der Waals surface area contributed by atoms with Crippen LogP contribution in [0.2, 0.25) is 0 Å². The average molecular weight is 431 g/mol. The van der Waals surface area contributed by atoms with E-state index in [9.17, 15) is 9.18 Å². The number of amides is 1. The van der Waals surface area contributed by atoms with Crippen molar-refractivity contribution in [3.8, 4) is 28.1 Å². The van der Waals surface area contributed by atoms with Gasteiger partial charge in [-0.15, -0.1) is 5.10 Å². The molecule has 0 radical (unpaired) electrons. The normalized spacial score (nSPS) is 11.1. The van der Waals surface area contributed by atoms with E-state index in [0.717, 1.165) is 0 Å². The van der Waals surface area contributed by atoms with Crippen LogP contribution in [-0.2, 0) is 4.79 Å². The fraction of sp³-hybridized carbons (Fsp3) is 0.0455. The molecular formula is C22H15F2N7O. The molecule has 0 aliphatic heterocycles. The second-order valence-corrected chi connectivity index (χ2v) is 7.06. The Hall–Kier alpha value is -4.47. The molecule has 10 heteroatoms. The Morgan fingerprint density at radius 2 is 1.94 bits per heavy atom. The summed E-state index contributed by atoms with van der Waals surface area (Å²) in [6, 6.07) is 10.8. The van der Waals surface area contributed by atoms with E-state index < -0.39 is 17.5 Å². The van der Waals surface area contributed by atoms with E-state index >= 15 is 4.39 Å². The number of imidazole rings is 1. The maximum atomic E-state index is 15.4. The summed E-state index contributed by atoms with van der Waals surface area (Å²) in [7, 11) is 0. The zero-order valence-corrected chi connectivity index (χ0v) is 16.7. The first-order valence-electron chi connectivity index (χ1n) is 9.57. The van der Waals surface area contributed by atoms with Crippen molar-refractivity contribution in [2.45, 2.75) is 6.92 Å². The molecule has 0 aliphatic carbocycles. The van der Waals surface area contributed by atoms with Gasteiger partial charge in [-0.2, -0.15) is 0 Å². The van der Waals surface area contributed by atoms with Gasteiger partial charge in [0.15, 0.2) is 11.5 Å². The zero-order chi connectivity index (χ0) is 22.2. The fourth-order valence-electron chi connectivity index (χ4n) is 3.48. The lowest BCUT2D eigenvalue weighted by Gasteiger charge is -2.14. The molecule has 0 atom stereocenters. The molecule has 0 saturated carbocycles. The molecule has 3 aromatic heterocycles. The Labute approximate surface area is 180 Å². The highest BCUT2D eigenvalue weighted by Crippen LogP contribution is 2.33. The third-order valence-electron chi connectivity index (χ3n) is 4.91. The van der Waals surface area contributed by atoms with Gasteiger partial charge in [0.25, 0.3) is 0 Å². The van der Waals surface area contributed by atoms with Crippen LogP contribution in [0.1, 0.15) is 6.92 Å². The number of hydrogen-bond acceptors (Lipinski definition) is 5. The van der Waals surface area contributed by atoms with Crippen molar-refractivity contribution < 1.29 is 13.6 Å². The number of nitrogens with one attached hydrogen (secondary N) is 2. The second kappa shape index (κ2) is 7.65. The first-order chi connectivity index (χ1) is 15.5. The van der Waals surface area contributed by atoms with Crippen LogP contribution in [0.4, 0.5) is 14.5 Å². The van der Waals surface area contributed by atoms with Crippen LogP contribution in [-0.4, -0.2) is 35.9 Å². The first-order valence-corrected chi connectivity index (χ1v) is 9.57. The van der Waals surface area contributed by atoms with Gasteiger partial charge < -0.3 is 5.32 Å². The Balaban J connectivity index is 1.70. The number of carbonyl (C=O) groups is 1. The van der Waals surface area contributed by atoms with Gasteiger partial charge in [-0.3, -0.25) is 14.5 Å². The minimum Gasteiger partial charge on any atom is -0.324 e. The second-order valence-electron chi connectivity index (χ2n) is 7.06. The van der Waals surface area contributed by atoms with Gasteiger partial charge in [0.1, 0.15) is 23.4 Å². The van der Waals surface area contributed by atoms with Crippen LogP contribution in [0, 0.1) is 11.6 Å². The molecule has 0 spiro atoms. The Bertz CT molecular complexity index is 1460. The maximum Gasteiger partial charge on any atom is 0.221 e. The van der Waals surface area contributed by atoms with Crippen molar-refractivity contribution in [1.82, 2.24) is 29.9 Å². The number of fused-ring (bicyclic) bond motifs is 1. The summed E-state index contributed by atoms with van der Waals surface area (Å²) >= 11 is 0.